The standard InChI is InChI=1S/C11H16BrClN2O/c1-7-11(12)10(15(2)14-7)5-8-6-16-4-3-9(8)13/h8-9H,3-6H2,1-2H3. The van der Waals surface area contributed by atoms with E-state index >= 15 is 0 Å². The van der Waals surface area contributed by atoms with Crippen molar-refractivity contribution in [2.24, 2.45) is 13.0 Å². The summed E-state index contributed by atoms with van der Waals surface area (Å²) >= 11 is 9.90. The minimum absolute atomic E-state index is 0.218. The number of hydrogen-bond acceptors (Lipinski definition) is 2. The first-order valence-electron chi connectivity index (χ1n) is 5.49. The highest BCUT2D eigenvalue weighted by Crippen LogP contribution is 2.28. The van der Waals surface area contributed by atoms with Crippen molar-refractivity contribution >= 4 is 27.5 Å². The SMILES string of the molecule is Cc1nn(C)c(CC2COCCC2Cl)c1Br. The molecule has 0 saturated carbocycles. The van der Waals surface area contributed by atoms with Crippen LogP contribution < -0.4 is 0 Å². The van der Waals surface area contributed by atoms with E-state index in [2.05, 4.69) is 21.0 Å². The molecular weight excluding hydrogens is 291 g/mol. The molecule has 1 saturated heterocycles. The molecule has 1 aromatic rings. The summed E-state index contributed by atoms with van der Waals surface area (Å²) in [6.07, 6.45) is 1.87. The van der Waals surface area contributed by atoms with Crippen LogP contribution in [0.3, 0.4) is 0 Å². The zero-order chi connectivity index (χ0) is 11.7. The molecule has 1 aliphatic heterocycles. The van der Waals surface area contributed by atoms with Crippen LogP contribution in [0.15, 0.2) is 4.47 Å². The Hall–Kier alpha value is -0.0600. The van der Waals surface area contributed by atoms with Crippen molar-refractivity contribution in [2.75, 3.05) is 13.2 Å². The summed E-state index contributed by atoms with van der Waals surface area (Å²) in [6.45, 7) is 3.55. The first kappa shape index (κ1) is 12.4. The van der Waals surface area contributed by atoms with Crippen LogP contribution in [0.4, 0.5) is 0 Å². The fourth-order valence-corrected chi connectivity index (χ4v) is 2.86. The van der Waals surface area contributed by atoms with E-state index in [-0.39, 0.29) is 5.38 Å². The van der Waals surface area contributed by atoms with Crippen molar-refractivity contribution in [1.29, 1.82) is 0 Å². The third-order valence-electron chi connectivity index (χ3n) is 3.10. The molecule has 0 bridgehead atoms. The highest BCUT2D eigenvalue weighted by Gasteiger charge is 2.26. The predicted octanol–water partition coefficient (Wildman–Crippen LogP) is 2.68. The smallest absolute Gasteiger partial charge is 0.0738 e. The van der Waals surface area contributed by atoms with Crippen molar-refractivity contribution < 1.29 is 4.74 Å². The number of aryl methyl sites for hydroxylation is 2. The van der Waals surface area contributed by atoms with E-state index < -0.39 is 0 Å². The zero-order valence-electron chi connectivity index (χ0n) is 9.54. The van der Waals surface area contributed by atoms with Crippen LogP contribution in [0.5, 0.6) is 0 Å². The van der Waals surface area contributed by atoms with Crippen LogP contribution in [0.25, 0.3) is 0 Å². The van der Waals surface area contributed by atoms with Gasteiger partial charge in [0.25, 0.3) is 0 Å². The van der Waals surface area contributed by atoms with E-state index in [1.165, 1.54) is 5.69 Å². The summed E-state index contributed by atoms with van der Waals surface area (Å²) in [5, 5.41) is 4.61. The van der Waals surface area contributed by atoms with Crippen molar-refractivity contribution in [1.82, 2.24) is 9.78 Å². The molecule has 5 heteroatoms. The second kappa shape index (κ2) is 5.07. The van der Waals surface area contributed by atoms with E-state index in [4.69, 9.17) is 16.3 Å². The highest BCUT2D eigenvalue weighted by atomic mass is 79.9. The quantitative estimate of drug-likeness (QED) is 0.786. The van der Waals surface area contributed by atoms with Gasteiger partial charge in [-0.1, -0.05) is 0 Å². The Kier molecular flexibility index (Phi) is 3.93. The molecule has 1 aromatic heterocycles. The van der Waals surface area contributed by atoms with Crippen molar-refractivity contribution in [3.63, 3.8) is 0 Å². The molecule has 0 amide bonds. The summed E-state index contributed by atoms with van der Waals surface area (Å²) in [7, 11) is 1.97. The summed E-state index contributed by atoms with van der Waals surface area (Å²) < 4.78 is 8.51. The van der Waals surface area contributed by atoms with Gasteiger partial charge in [0, 0.05) is 24.9 Å². The molecule has 1 aliphatic rings. The molecule has 16 heavy (non-hydrogen) atoms. The maximum Gasteiger partial charge on any atom is 0.0738 e. The van der Waals surface area contributed by atoms with Gasteiger partial charge in [-0.2, -0.15) is 5.10 Å². The van der Waals surface area contributed by atoms with Gasteiger partial charge >= 0.3 is 0 Å². The molecular formula is C11H16BrClN2O. The summed E-state index contributed by atoms with van der Waals surface area (Å²) in [5.74, 6) is 0.390. The normalized spacial score (nSPS) is 26.0. The van der Waals surface area contributed by atoms with Crippen LogP contribution in [-0.4, -0.2) is 28.4 Å². The monoisotopic (exact) mass is 306 g/mol. The summed E-state index contributed by atoms with van der Waals surface area (Å²) in [4.78, 5) is 0. The van der Waals surface area contributed by atoms with Gasteiger partial charge in [0.15, 0.2) is 0 Å². The summed E-state index contributed by atoms with van der Waals surface area (Å²) in [5.41, 5.74) is 2.24. The Morgan fingerprint density at radius 2 is 2.38 bits per heavy atom. The molecule has 0 aliphatic carbocycles. The fourth-order valence-electron chi connectivity index (χ4n) is 2.11. The molecule has 2 rings (SSSR count). The number of halogens is 2. The maximum atomic E-state index is 6.32. The number of alkyl halides is 1. The predicted molar refractivity (Wildman–Crippen MR) is 67.9 cm³/mol. The number of ether oxygens (including phenoxy) is 1. The van der Waals surface area contributed by atoms with Crippen molar-refractivity contribution in [3.05, 3.63) is 15.9 Å². The Morgan fingerprint density at radius 1 is 1.62 bits per heavy atom. The molecule has 1 fully saturated rings. The lowest BCUT2D eigenvalue weighted by Crippen LogP contribution is -2.30. The van der Waals surface area contributed by atoms with Gasteiger partial charge in [-0.05, 0) is 35.7 Å². The first-order valence-corrected chi connectivity index (χ1v) is 6.72. The molecule has 3 nitrogen and oxygen atoms in total. The van der Waals surface area contributed by atoms with Crippen LogP contribution in [0, 0.1) is 12.8 Å². The Bertz CT molecular complexity index is 380. The molecule has 0 spiro atoms. The molecule has 0 N–H and O–H groups in total. The zero-order valence-corrected chi connectivity index (χ0v) is 11.9. The van der Waals surface area contributed by atoms with Gasteiger partial charge in [-0.15, -0.1) is 11.6 Å². The van der Waals surface area contributed by atoms with Crippen LogP contribution in [0.1, 0.15) is 17.8 Å². The summed E-state index contributed by atoms with van der Waals surface area (Å²) in [6, 6.07) is 0. The highest BCUT2D eigenvalue weighted by molar-refractivity contribution is 9.10. The fraction of sp³-hybridized carbons (Fsp3) is 0.727. The second-order valence-corrected chi connectivity index (χ2v) is 5.67. The van der Waals surface area contributed by atoms with E-state index in [9.17, 15) is 0 Å². The maximum absolute atomic E-state index is 6.32. The van der Waals surface area contributed by atoms with E-state index in [1.807, 2.05) is 18.7 Å². The molecule has 2 heterocycles. The molecule has 90 valence electrons. The molecule has 2 unspecified atom stereocenters. The van der Waals surface area contributed by atoms with E-state index in [0.29, 0.717) is 5.92 Å². The van der Waals surface area contributed by atoms with Gasteiger partial charge in [0.2, 0.25) is 0 Å². The Balaban J connectivity index is 2.13. The van der Waals surface area contributed by atoms with E-state index in [0.717, 1.165) is 36.2 Å². The lowest BCUT2D eigenvalue weighted by molar-refractivity contribution is 0.0571. The lowest BCUT2D eigenvalue weighted by atomic mass is 9.96. The average Bonchev–Trinajstić information content (AvgIpc) is 2.48. The third-order valence-corrected chi connectivity index (χ3v) is 4.70. The molecule has 0 radical (unpaired) electrons. The topological polar surface area (TPSA) is 27.1 Å². The second-order valence-electron chi connectivity index (χ2n) is 4.31. The lowest BCUT2D eigenvalue weighted by Gasteiger charge is -2.27. The van der Waals surface area contributed by atoms with Gasteiger partial charge < -0.3 is 4.74 Å². The van der Waals surface area contributed by atoms with Crippen LogP contribution in [-0.2, 0) is 18.2 Å². The minimum Gasteiger partial charge on any atom is -0.381 e. The van der Waals surface area contributed by atoms with E-state index in [1.54, 1.807) is 0 Å². The van der Waals surface area contributed by atoms with Crippen molar-refractivity contribution in [3.8, 4) is 0 Å². The Morgan fingerprint density at radius 3 is 2.94 bits per heavy atom. The van der Waals surface area contributed by atoms with Gasteiger partial charge in [-0.3, -0.25) is 4.68 Å². The van der Waals surface area contributed by atoms with Gasteiger partial charge in [0.1, 0.15) is 0 Å². The Labute approximate surface area is 109 Å². The average molecular weight is 308 g/mol. The number of hydrogen-bond donors (Lipinski definition) is 0. The first-order chi connectivity index (χ1) is 7.59. The largest absolute Gasteiger partial charge is 0.381 e. The number of rotatable bonds is 2. The molecule has 2 atom stereocenters. The third kappa shape index (κ3) is 2.44. The number of nitrogens with zero attached hydrogens (tertiary/aromatic N) is 2. The van der Waals surface area contributed by atoms with Crippen LogP contribution in [0.2, 0.25) is 0 Å². The minimum atomic E-state index is 0.218. The van der Waals surface area contributed by atoms with Crippen molar-refractivity contribution in [2.45, 2.75) is 25.1 Å². The molecule has 0 aromatic carbocycles. The van der Waals surface area contributed by atoms with Gasteiger partial charge in [-0.25, -0.2) is 0 Å². The number of aromatic nitrogens is 2. The van der Waals surface area contributed by atoms with Gasteiger partial charge in [0.05, 0.1) is 22.5 Å². The van der Waals surface area contributed by atoms with Crippen LogP contribution >= 0.6 is 27.5 Å².